The van der Waals surface area contributed by atoms with Gasteiger partial charge in [0.1, 0.15) is 11.9 Å². The van der Waals surface area contributed by atoms with E-state index in [-0.39, 0.29) is 24.4 Å². The second kappa shape index (κ2) is 9.83. The van der Waals surface area contributed by atoms with Gasteiger partial charge in [-0.1, -0.05) is 37.3 Å². The molecule has 2 rings (SSSR count). The van der Waals surface area contributed by atoms with Gasteiger partial charge in [0.05, 0.1) is 13.0 Å². The molecule has 0 heterocycles. The maximum atomic E-state index is 12.0. The van der Waals surface area contributed by atoms with E-state index in [9.17, 15) is 4.79 Å². The Morgan fingerprint density at radius 2 is 1.83 bits per heavy atom. The average Bonchev–Trinajstić information content (AvgIpc) is 2.55. The quantitative estimate of drug-likeness (QED) is 0.752. The van der Waals surface area contributed by atoms with Crippen LogP contribution in [-0.2, 0) is 11.2 Å². The SMILES string of the molecule is CCC(CNC(=O)Cc1ccc(N)cc1)Oc1ccccc1C.Cl. The van der Waals surface area contributed by atoms with Crippen molar-refractivity contribution in [3.63, 3.8) is 0 Å². The summed E-state index contributed by atoms with van der Waals surface area (Å²) in [7, 11) is 0. The highest BCUT2D eigenvalue weighted by atomic mass is 35.5. The highest BCUT2D eigenvalue weighted by Gasteiger charge is 2.11. The summed E-state index contributed by atoms with van der Waals surface area (Å²) >= 11 is 0. The van der Waals surface area contributed by atoms with Crippen molar-refractivity contribution in [3.8, 4) is 5.75 Å². The van der Waals surface area contributed by atoms with Gasteiger partial charge in [-0.25, -0.2) is 0 Å². The molecule has 1 amide bonds. The summed E-state index contributed by atoms with van der Waals surface area (Å²) < 4.78 is 5.98. The van der Waals surface area contributed by atoms with Crippen LogP contribution >= 0.6 is 12.4 Å². The van der Waals surface area contributed by atoms with Gasteiger partial charge in [0.15, 0.2) is 0 Å². The highest BCUT2D eigenvalue weighted by molar-refractivity contribution is 5.85. The number of nitrogen functional groups attached to an aromatic ring is 1. The van der Waals surface area contributed by atoms with Crippen LogP contribution in [0.15, 0.2) is 48.5 Å². The van der Waals surface area contributed by atoms with Crippen LogP contribution in [0.2, 0.25) is 0 Å². The van der Waals surface area contributed by atoms with Crippen molar-refractivity contribution in [3.05, 3.63) is 59.7 Å². The van der Waals surface area contributed by atoms with Gasteiger partial charge in [-0.15, -0.1) is 12.4 Å². The molecule has 1 atom stereocenters. The van der Waals surface area contributed by atoms with E-state index in [1.807, 2.05) is 43.3 Å². The lowest BCUT2D eigenvalue weighted by atomic mass is 10.1. The number of para-hydroxylation sites is 1. The minimum absolute atomic E-state index is 0. The zero-order valence-corrected chi connectivity index (χ0v) is 14.9. The summed E-state index contributed by atoms with van der Waals surface area (Å²) in [6.45, 7) is 4.56. The Morgan fingerprint density at radius 1 is 1.17 bits per heavy atom. The predicted molar refractivity (Wildman–Crippen MR) is 101 cm³/mol. The van der Waals surface area contributed by atoms with Crippen LogP contribution in [0, 0.1) is 6.92 Å². The largest absolute Gasteiger partial charge is 0.488 e. The smallest absolute Gasteiger partial charge is 0.224 e. The molecular formula is C19H25ClN2O2. The van der Waals surface area contributed by atoms with E-state index in [1.54, 1.807) is 12.1 Å². The van der Waals surface area contributed by atoms with Crippen molar-refractivity contribution in [1.82, 2.24) is 5.32 Å². The number of ether oxygens (including phenoxy) is 1. The van der Waals surface area contributed by atoms with Crippen LogP contribution in [0.3, 0.4) is 0 Å². The topological polar surface area (TPSA) is 64.4 Å². The van der Waals surface area contributed by atoms with E-state index >= 15 is 0 Å². The van der Waals surface area contributed by atoms with Crippen LogP contribution in [0.1, 0.15) is 24.5 Å². The first-order valence-corrected chi connectivity index (χ1v) is 7.92. The van der Waals surface area contributed by atoms with E-state index in [1.165, 1.54) is 0 Å². The molecule has 0 bridgehead atoms. The Bertz CT molecular complexity index is 644. The lowest BCUT2D eigenvalue weighted by Gasteiger charge is -2.19. The van der Waals surface area contributed by atoms with Crippen molar-refractivity contribution in [2.24, 2.45) is 0 Å². The van der Waals surface area contributed by atoms with Gasteiger partial charge in [-0.2, -0.15) is 0 Å². The number of carbonyl (C=O) groups is 1. The van der Waals surface area contributed by atoms with Gasteiger partial charge < -0.3 is 15.8 Å². The van der Waals surface area contributed by atoms with Gasteiger partial charge in [0.2, 0.25) is 5.91 Å². The van der Waals surface area contributed by atoms with Crippen molar-refractivity contribution < 1.29 is 9.53 Å². The number of carbonyl (C=O) groups excluding carboxylic acids is 1. The molecule has 0 radical (unpaired) electrons. The molecule has 24 heavy (non-hydrogen) atoms. The molecule has 0 aliphatic carbocycles. The number of rotatable bonds is 7. The molecule has 1 unspecified atom stereocenters. The molecule has 130 valence electrons. The number of nitrogens with one attached hydrogen (secondary N) is 1. The summed E-state index contributed by atoms with van der Waals surface area (Å²) in [6.07, 6.45) is 1.14. The predicted octanol–water partition coefficient (Wildman–Crippen LogP) is 3.52. The fourth-order valence-corrected chi connectivity index (χ4v) is 2.25. The molecule has 4 nitrogen and oxygen atoms in total. The van der Waals surface area contributed by atoms with E-state index in [2.05, 4.69) is 12.2 Å². The zero-order valence-electron chi connectivity index (χ0n) is 14.1. The third kappa shape index (κ3) is 6.13. The number of anilines is 1. The fraction of sp³-hybridized carbons (Fsp3) is 0.316. The first kappa shape index (κ1) is 19.8. The normalized spacial score (nSPS) is 11.2. The fourth-order valence-electron chi connectivity index (χ4n) is 2.25. The van der Waals surface area contributed by atoms with Crippen LogP contribution in [0.5, 0.6) is 5.75 Å². The van der Waals surface area contributed by atoms with Crippen LogP contribution in [0.25, 0.3) is 0 Å². The van der Waals surface area contributed by atoms with Gasteiger partial charge in [-0.3, -0.25) is 4.79 Å². The number of aryl methyl sites for hydroxylation is 1. The molecule has 3 N–H and O–H groups in total. The number of hydrogen-bond donors (Lipinski definition) is 2. The van der Waals surface area contributed by atoms with Crippen LogP contribution < -0.4 is 15.8 Å². The Labute approximate surface area is 149 Å². The first-order chi connectivity index (χ1) is 11.1. The molecule has 0 aliphatic heterocycles. The molecule has 5 heteroatoms. The minimum Gasteiger partial charge on any atom is -0.488 e. The van der Waals surface area contributed by atoms with Crippen LogP contribution in [0.4, 0.5) is 5.69 Å². The summed E-state index contributed by atoms with van der Waals surface area (Å²) in [6, 6.07) is 15.3. The Balaban J connectivity index is 0.00000288. The second-order valence-corrected chi connectivity index (χ2v) is 5.64. The number of amides is 1. The van der Waals surface area contributed by atoms with Crippen LogP contribution in [-0.4, -0.2) is 18.6 Å². The van der Waals surface area contributed by atoms with Gasteiger partial charge in [-0.05, 0) is 42.7 Å². The lowest BCUT2D eigenvalue weighted by molar-refractivity contribution is -0.120. The van der Waals surface area contributed by atoms with Crippen molar-refractivity contribution in [2.75, 3.05) is 12.3 Å². The molecule has 0 saturated carbocycles. The monoisotopic (exact) mass is 348 g/mol. The summed E-state index contributed by atoms with van der Waals surface area (Å²) in [5, 5.41) is 2.94. The molecule has 2 aromatic carbocycles. The highest BCUT2D eigenvalue weighted by Crippen LogP contribution is 2.18. The second-order valence-electron chi connectivity index (χ2n) is 5.64. The van der Waals surface area contributed by atoms with E-state index < -0.39 is 0 Å². The molecular weight excluding hydrogens is 324 g/mol. The number of nitrogens with two attached hydrogens (primary N) is 1. The summed E-state index contributed by atoms with van der Waals surface area (Å²) in [4.78, 5) is 12.0. The van der Waals surface area contributed by atoms with Gasteiger partial charge in [0, 0.05) is 5.69 Å². The van der Waals surface area contributed by atoms with E-state index in [0.717, 1.165) is 23.3 Å². The van der Waals surface area contributed by atoms with Crippen molar-refractivity contribution in [1.29, 1.82) is 0 Å². The minimum atomic E-state index is -0.0357. The lowest BCUT2D eigenvalue weighted by Crippen LogP contribution is -2.35. The summed E-state index contributed by atoms with van der Waals surface area (Å²) in [5.74, 6) is 0.855. The molecule has 2 aromatic rings. The maximum absolute atomic E-state index is 12.0. The third-order valence-electron chi connectivity index (χ3n) is 3.71. The number of benzene rings is 2. The third-order valence-corrected chi connectivity index (χ3v) is 3.71. The molecule has 0 fully saturated rings. The maximum Gasteiger partial charge on any atom is 0.224 e. The Hall–Kier alpha value is -2.20. The Kier molecular flexibility index (Phi) is 8.13. The number of hydrogen-bond acceptors (Lipinski definition) is 3. The van der Waals surface area contributed by atoms with Gasteiger partial charge in [0.25, 0.3) is 0 Å². The zero-order chi connectivity index (χ0) is 16.7. The molecule has 0 aliphatic rings. The number of halogens is 1. The van der Waals surface area contributed by atoms with Crippen molar-refractivity contribution >= 4 is 24.0 Å². The average molecular weight is 349 g/mol. The molecule has 0 aromatic heterocycles. The first-order valence-electron chi connectivity index (χ1n) is 7.92. The van der Waals surface area contributed by atoms with E-state index in [0.29, 0.717) is 18.7 Å². The van der Waals surface area contributed by atoms with Crippen molar-refractivity contribution in [2.45, 2.75) is 32.8 Å². The standard InChI is InChI=1S/C19H24N2O2.ClH/c1-3-17(23-18-7-5-4-6-14(18)2)13-21-19(22)12-15-8-10-16(20)11-9-15;/h4-11,17H,3,12-13,20H2,1-2H3,(H,21,22);1H. The summed E-state index contributed by atoms with van der Waals surface area (Å²) in [5.41, 5.74) is 8.39. The van der Waals surface area contributed by atoms with E-state index in [4.69, 9.17) is 10.5 Å². The van der Waals surface area contributed by atoms with Gasteiger partial charge >= 0.3 is 0 Å². The molecule has 0 saturated heterocycles. The Morgan fingerprint density at radius 3 is 2.46 bits per heavy atom. The molecule has 0 spiro atoms.